The van der Waals surface area contributed by atoms with Crippen molar-refractivity contribution in [2.24, 2.45) is 10.1 Å². The van der Waals surface area contributed by atoms with Crippen LogP contribution in [0.2, 0.25) is 0 Å². The van der Waals surface area contributed by atoms with Crippen LogP contribution in [0, 0.1) is 0 Å². The molecular formula is C23H18F3N3O2S. The minimum atomic E-state index is -4.52. The first kappa shape index (κ1) is 21.6. The van der Waals surface area contributed by atoms with Crippen LogP contribution in [0.4, 0.5) is 18.9 Å². The SMILES string of the molecule is COc1ccc(-c2csc(=Nc3ccccc3C(F)(F)F)n2N=C(C)c2ccco2)cc1. The fourth-order valence-electron chi connectivity index (χ4n) is 3.03. The fourth-order valence-corrected chi connectivity index (χ4v) is 3.87. The molecule has 0 amide bonds. The average molecular weight is 457 g/mol. The second-order valence-electron chi connectivity index (χ2n) is 6.73. The van der Waals surface area contributed by atoms with Gasteiger partial charge in [0.05, 0.1) is 30.3 Å². The van der Waals surface area contributed by atoms with Gasteiger partial charge in [-0.2, -0.15) is 18.3 Å². The first-order chi connectivity index (χ1) is 15.4. The van der Waals surface area contributed by atoms with E-state index in [1.54, 1.807) is 43.7 Å². The molecule has 0 fully saturated rings. The van der Waals surface area contributed by atoms with Gasteiger partial charge < -0.3 is 9.15 Å². The number of aromatic nitrogens is 1. The van der Waals surface area contributed by atoms with Gasteiger partial charge in [-0.3, -0.25) is 0 Å². The quantitative estimate of drug-likeness (QED) is 0.328. The average Bonchev–Trinajstić information content (AvgIpc) is 3.45. The molecule has 0 bridgehead atoms. The number of para-hydroxylation sites is 1. The van der Waals surface area contributed by atoms with Crippen molar-refractivity contribution in [2.75, 3.05) is 7.11 Å². The molecule has 2 aromatic heterocycles. The van der Waals surface area contributed by atoms with E-state index in [1.807, 2.05) is 12.1 Å². The molecule has 4 rings (SSSR count). The Balaban J connectivity index is 1.91. The topological polar surface area (TPSA) is 52.0 Å². The molecule has 5 nitrogen and oxygen atoms in total. The van der Waals surface area contributed by atoms with Gasteiger partial charge in [-0.15, -0.1) is 11.3 Å². The van der Waals surface area contributed by atoms with Gasteiger partial charge in [-0.05, 0) is 55.5 Å². The van der Waals surface area contributed by atoms with Crippen molar-refractivity contribution in [1.29, 1.82) is 0 Å². The molecule has 0 saturated heterocycles. The molecule has 2 heterocycles. The standard InChI is InChI=1S/C23H18F3N3O2S/c1-15(21-8-5-13-31-21)28-29-20(16-9-11-17(30-2)12-10-16)14-32-22(29)27-19-7-4-3-6-18(19)23(24,25)26/h3-14H,1-2H3. The number of thiazole rings is 1. The molecule has 164 valence electrons. The van der Waals surface area contributed by atoms with Crippen LogP contribution in [0.15, 0.2) is 86.8 Å². The number of halogens is 3. The lowest BCUT2D eigenvalue weighted by Gasteiger charge is -2.09. The first-order valence-corrected chi connectivity index (χ1v) is 10.4. The fraction of sp³-hybridized carbons (Fsp3) is 0.130. The Morgan fingerprint density at radius 1 is 1.03 bits per heavy atom. The number of hydrogen-bond acceptors (Lipinski definition) is 5. The maximum Gasteiger partial charge on any atom is 0.418 e. The molecule has 9 heteroatoms. The van der Waals surface area contributed by atoms with Gasteiger partial charge in [0.2, 0.25) is 4.80 Å². The zero-order valence-corrected chi connectivity index (χ0v) is 17.9. The Morgan fingerprint density at radius 2 is 1.78 bits per heavy atom. The van der Waals surface area contributed by atoms with Crippen LogP contribution >= 0.6 is 11.3 Å². The number of alkyl halides is 3. The summed E-state index contributed by atoms with van der Waals surface area (Å²) in [6.07, 6.45) is -2.99. The summed E-state index contributed by atoms with van der Waals surface area (Å²) in [5.41, 5.74) is 1.05. The van der Waals surface area contributed by atoms with Crippen molar-refractivity contribution in [2.45, 2.75) is 13.1 Å². The van der Waals surface area contributed by atoms with E-state index in [0.717, 1.165) is 11.6 Å². The Bertz CT molecular complexity index is 1300. The molecule has 4 aromatic rings. The second-order valence-corrected chi connectivity index (χ2v) is 7.57. The normalized spacial score (nSPS) is 12.9. The number of hydrogen-bond donors (Lipinski definition) is 0. The van der Waals surface area contributed by atoms with Crippen LogP contribution < -0.4 is 9.54 Å². The summed E-state index contributed by atoms with van der Waals surface area (Å²) >= 11 is 1.19. The molecule has 2 aromatic carbocycles. The van der Waals surface area contributed by atoms with Crippen molar-refractivity contribution in [3.05, 3.63) is 88.4 Å². The van der Waals surface area contributed by atoms with Gasteiger partial charge in [0.25, 0.3) is 0 Å². The largest absolute Gasteiger partial charge is 0.497 e. The smallest absolute Gasteiger partial charge is 0.418 e. The zero-order valence-electron chi connectivity index (χ0n) is 17.1. The summed E-state index contributed by atoms with van der Waals surface area (Å²) in [6, 6.07) is 16.0. The predicted molar refractivity (Wildman–Crippen MR) is 117 cm³/mol. The molecule has 0 aliphatic carbocycles. The second kappa shape index (κ2) is 8.88. The highest BCUT2D eigenvalue weighted by molar-refractivity contribution is 7.07. The first-order valence-electron chi connectivity index (χ1n) is 9.52. The van der Waals surface area contributed by atoms with E-state index >= 15 is 0 Å². The third kappa shape index (κ3) is 4.52. The van der Waals surface area contributed by atoms with Crippen molar-refractivity contribution >= 4 is 22.7 Å². The van der Waals surface area contributed by atoms with Gasteiger partial charge in [-0.1, -0.05) is 12.1 Å². The summed E-state index contributed by atoms with van der Waals surface area (Å²) in [5.74, 6) is 1.24. The Labute approximate surface area is 185 Å². The maximum absolute atomic E-state index is 13.5. The van der Waals surface area contributed by atoms with Crippen molar-refractivity contribution in [3.8, 4) is 17.0 Å². The lowest BCUT2D eigenvalue weighted by Crippen LogP contribution is -2.14. The molecule has 0 N–H and O–H groups in total. The summed E-state index contributed by atoms with van der Waals surface area (Å²) in [6.45, 7) is 1.76. The molecule has 0 saturated carbocycles. The molecule has 0 radical (unpaired) electrons. The van der Waals surface area contributed by atoms with Crippen LogP contribution in [0.5, 0.6) is 5.75 Å². The van der Waals surface area contributed by atoms with E-state index in [4.69, 9.17) is 9.15 Å². The third-order valence-corrected chi connectivity index (χ3v) is 5.44. The molecule has 0 spiro atoms. The van der Waals surface area contributed by atoms with Gasteiger partial charge in [0.1, 0.15) is 17.2 Å². The van der Waals surface area contributed by atoms with E-state index in [0.29, 0.717) is 27.7 Å². The number of furan rings is 1. The minimum absolute atomic E-state index is 0.178. The third-order valence-electron chi connectivity index (χ3n) is 4.62. The zero-order chi connectivity index (χ0) is 22.7. The van der Waals surface area contributed by atoms with Gasteiger partial charge in [-0.25, -0.2) is 9.67 Å². The summed E-state index contributed by atoms with van der Waals surface area (Å²) in [5, 5.41) is 6.41. The summed E-state index contributed by atoms with van der Waals surface area (Å²) < 4.78 is 52.6. The highest BCUT2D eigenvalue weighted by Crippen LogP contribution is 2.36. The van der Waals surface area contributed by atoms with E-state index in [1.165, 1.54) is 40.5 Å². The van der Waals surface area contributed by atoms with Crippen LogP contribution in [0.1, 0.15) is 18.2 Å². The molecule has 0 atom stereocenters. The van der Waals surface area contributed by atoms with E-state index in [-0.39, 0.29) is 5.69 Å². The Kier molecular flexibility index (Phi) is 6.00. The van der Waals surface area contributed by atoms with Gasteiger partial charge in [0.15, 0.2) is 0 Å². The Morgan fingerprint density at radius 3 is 2.44 bits per heavy atom. The predicted octanol–water partition coefficient (Wildman–Crippen LogP) is 6.34. The van der Waals surface area contributed by atoms with Crippen molar-refractivity contribution in [3.63, 3.8) is 0 Å². The Hall–Kier alpha value is -3.59. The van der Waals surface area contributed by atoms with Crippen LogP contribution in [-0.4, -0.2) is 17.5 Å². The molecule has 0 aliphatic rings. The van der Waals surface area contributed by atoms with Crippen LogP contribution in [-0.2, 0) is 6.18 Å². The van der Waals surface area contributed by atoms with Gasteiger partial charge in [0, 0.05) is 10.9 Å². The van der Waals surface area contributed by atoms with Crippen molar-refractivity contribution < 1.29 is 22.3 Å². The van der Waals surface area contributed by atoms with E-state index in [9.17, 15) is 13.2 Å². The number of rotatable bonds is 5. The molecular weight excluding hydrogens is 439 g/mol. The highest BCUT2D eigenvalue weighted by atomic mass is 32.1. The lowest BCUT2D eigenvalue weighted by atomic mass is 10.1. The number of methoxy groups -OCH3 is 1. The van der Waals surface area contributed by atoms with Crippen molar-refractivity contribution in [1.82, 2.24) is 4.68 Å². The molecule has 0 aliphatic heterocycles. The van der Waals surface area contributed by atoms with Crippen LogP contribution in [0.25, 0.3) is 11.3 Å². The molecule has 32 heavy (non-hydrogen) atoms. The van der Waals surface area contributed by atoms with E-state index in [2.05, 4.69) is 10.1 Å². The summed E-state index contributed by atoms with van der Waals surface area (Å²) in [7, 11) is 1.58. The lowest BCUT2D eigenvalue weighted by molar-refractivity contribution is -0.137. The maximum atomic E-state index is 13.5. The summed E-state index contributed by atoms with van der Waals surface area (Å²) in [4.78, 5) is 4.61. The molecule has 0 unspecified atom stereocenters. The van der Waals surface area contributed by atoms with E-state index < -0.39 is 11.7 Å². The highest BCUT2D eigenvalue weighted by Gasteiger charge is 2.33. The van der Waals surface area contributed by atoms with Crippen LogP contribution in [0.3, 0.4) is 0 Å². The monoisotopic (exact) mass is 457 g/mol. The minimum Gasteiger partial charge on any atom is -0.497 e. The number of benzene rings is 2. The van der Waals surface area contributed by atoms with Gasteiger partial charge >= 0.3 is 6.18 Å². The number of ether oxygens (including phenoxy) is 1. The number of nitrogens with zero attached hydrogens (tertiary/aromatic N) is 3.